The van der Waals surface area contributed by atoms with Crippen molar-refractivity contribution in [2.75, 3.05) is 30.9 Å². The molecule has 0 bridgehead atoms. The predicted molar refractivity (Wildman–Crippen MR) is 88.3 cm³/mol. The van der Waals surface area contributed by atoms with E-state index >= 15 is 0 Å². The van der Waals surface area contributed by atoms with Gasteiger partial charge in [0.1, 0.15) is 5.84 Å². The highest BCUT2D eigenvalue weighted by molar-refractivity contribution is 6.09. The van der Waals surface area contributed by atoms with E-state index in [0.29, 0.717) is 0 Å². The van der Waals surface area contributed by atoms with E-state index in [1.807, 2.05) is 0 Å². The molecule has 3 rings (SSSR count). The minimum absolute atomic E-state index is 0.0136. The fourth-order valence-corrected chi connectivity index (χ4v) is 3.37. The number of fused-ring (bicyclic) bond motifs is 1. The molecule has 0 radical (unpaired) electrons. The van der Waals surface area contributed by atoms with Gasteiger partial charge in [0.2, 0.25) is 0 Å². The van der Waals surface area contributed by atoms with Crippen LogP contribution in [0, 0.1) is 0 Å². The number of methoxy groups -OCH3 is 1. The Balaban J connectivity index is 1.84. The number of hydrogen-bond donors (Lipinski definition) is 2. The highest BCUT2D eigenvalue weighted by atomic mass is 16.5. The minimum Gasteiger partial charge on any atom is -0.385 e. The lowest BCUT2D eigenvalue weighted by molar-refractivity contribution is 0.197. The zero-order valence-corrected chi connectivity index (χ0v) is 12.8. The van der Waals surface area contributed by atoms with Crippen LogP contribution in [-0.2, 0) is 4.74 Å². The van der Waals surface area contributed by atoms with Crippen LogP contribution in [0.2, 0.25) is 0 Å². The molecule has 0 amide bonds. The number of anilines is 2. The number of aliphatic imine (C=N–C) groups is 1. The third-order valence-electron chi connectivity index (χ3n) is 4.49. The summed E-state index contributed by atoms with van der Waals surface area (Å²) in [5, 5.41) is 7.36. The van der Waals surface area contributed by atoms with Crippen LogP contribution in [0.4, 0.5) is 11.4 Å². The Bertz CT molecular complexity index is 507. The van der Waals surface area contributed by atoms with Gasteiger partial charge in [-0.2, -0.15) is 0 Å². The average molecular weight is 287 g/mol. The van der Waals surface area contributed by atoms with Crippen LogP contribution in [0.1, 0.15) is 38.5 Å². The van der Waals surface area contributed by atoms with Crippen molar-refractivity contribution < 1.29 is 4.74 Å². The quantitative estimate of drug-likeness (QED) is 0.831. The maximum absolute atomic E-state index is 5.12. The summed E-state index contributed by atoms with van der Waals surface area (Å²) in [4.78, 5) is 4.86. The molecular weight excluding hydrogens is 262 g/mol. The van der Waals surface area contributed by atoms with Gasteiger partial charge in [0.05, 0.1) is 16.9 Å². The lowest BCUT2D eigenvalue weighted by Crippen LogP contribution is -2.53. The second-order valence-corrected chi connectivity index (χ2v) is 6.02. The first kappa shape index (κ1) is 14.4. The molecule has 2 aliphatic rings. The SMILES string of the molecule is COCCCN=C1Nc2ccccc2NC12CCCCC2. The molecular formula is C17H25N3O. The van der Waals surface area contributed by atoms with Crippen LogP contribution in [0.3, 0.4) is 0 Å². The van der Waals surface area contributed by atoms with Crippen molar-refractivity contribution in [1.29, 1.82) is 0 Å². The Hall–Kier alpha value is -1.55. The smallest absolute Gasteiger partial charge is 0.127 e. The zero-order valence-electron chi connectivity index (χ0n) is 12.8. The second kappa shape index (κ2) is 6.48. The summed E-state index contributed by atoms with van der Waals surface area (Å²) in [6.07, 6.45) is 7.18. The summed E-state index contributed by atoms with van der Waals surface area (Å²) in [6, 6.07) is 8.42. The van der Waals surface area contributed by atoms with E-state index in [1.165, 1.54) is 24.9 Å². The summed E-state index contributed by atoms with van der Waals surface area (Å²) >= 11 is 0. The van der Waals surface area contributed by atoms with Crippen LogP contribution in [0.15, 0.2) is 29.3 Å². The Morgan fingerprint density at radius 1 is 1.14 bits per heavy atom. The first-order valence-corrected chi connectivity index (χ1v) is 8.02. The molecule has 4 nitrogen and oxygen atoms in total. The van der Waals surface area contributed by atoms with Crippen molar-refractivity contribution in [3.05, 3.63) is 24.3 Å². The summed E-state index contributed by atoms with van der Waals surface area (Å²) in [5.41, 5.74) is 2.36. The molecule has 0 aromatic heterocycles. The van der Waals surface area contributed by atoms with E-state index in [-0.39, 0.29) is 5.54 Å². The fraction of sp³-hybridized carbons (Fsp3) is 0.588. The number of amidine groups is 1. The molecule has 21 heavy (non-hydrogen) atoms. The monoisotopic (exact) mass is 287 g/mol. The van der Waals surface area contributed by atoms with Gasteiger partial charge in [-0.3, -0.25) is 4.99 Å². The van der Waals surface area contributed by atoms with Gasteiger partial charge in [-0.25, -0.2) is 0 Å². The van der Waals surface area contributed by atoms with Gasteiger partial charge in [0, 0.05) is 20.3 Å². The molecule has 1 aliphatic heterocycles. The molecule has 1 aromatic carbocycles. The predicted octanol–water partition coefficient (Wildman–Crippen LogP) is 3.66. The highest BCUT2D eigenvalue weighted by Gasteiger charge is 2.40. The largest absolute Gasteiger partial charge is 0.385 e. The number of hydrogen-bond acceptors (Lipinski definition) is 3. The molecule has 2 N–H and O–H groups in total. The van der Waals surface area contributed by atoms with Gasteiger partial charge in [-0.05, 0) is 31.4 Å². The van der Waals surface area contributed by atoms with E-state index < -0.39 is 0 Å². The third kappa shape index (κ3) is 3.05. The average Bonchev–Trinajstić information content (AvgIpc) is 2.53. The summed E-state index contributed by atoms with van der Waals surface area (Å²) in [6.45, 7) is 1.59. The maximum atomic E-state index is 5.12. The van der Waals surface area contributed by atoms with E-state index in [4.69, 9.17) is 9.73 Å². The van der Waals surface area contributed by atoms with Crippen LogP contribution in [0.5, 0.6) is 0 Å². The summed E-state index contributed by atoms with van der Waals surface area (Å²) < 4.78 is 5.12. The van der Waals surface area contributed by atoms with Gasteiger partial charge in [-0.15, -0.1) is 0 Å². The number of benzene rings is 1. The molecule has 1 aliphatic carbocycles. The Morgan fingerprint density at radius 3 is 2.67 bits per heavy atom. The lowest BCUT2D eigenvalue weighted by Gasteiger charge is -2.44. The van der Waals surface area contributed by atoms with Gasteiger partial charge in [0.25, 0.3) is 0 Å². The van der Waals surface area contributed by atoms with Crippen molar-refractivity contribution in [2.45, 2.75) is 44.1 Å². The Kier molecular flexibility index (Phi) is 4.44. The number of ether oxygens (including phenoxy) is 1. The van der Waals surface area contributed by atoms with Gasteiger partial charge < -0.3 is 15.4 Å². The van der Waals surface area contributed by atoms with Crippen LogP contribution >= 0.6 is 0 Å². The van der Waals surface area contributed by atoms with E-state index in [9.17, 15) is 0 Å². The maximum Gasteiger partial charge on any atom is 0.127 e. The van der Waals surface area contributed by atoms with E-state index in [1.54, 1.807) is 7.11 Å². The molecule has 114 valence electrons. The summed E-state index contributed by atoms with van der Waals surface area (Å²) in [7, 11) is 1.74. The van der Waals surface area contributed by atoms with Crippen LogP contribution in [-0.4, -0.2) is 31.6 Å². The van der Waals surface area contributed by atoms with Crippen LogP contribution < -0.4 is 10.6 Å². The van der Waals surface area contributed by atoms with Crippen molar-refractivity contribution in [3.8, 4) is 0 Å². The highest BCUT2D eigenvalue weighted by Crippen LogP contribution is 2.39. The molecule has 1 heterocycles. The second-order valence-electron chi connectivity index (χ2n) is 6.02. The van der Waals surface area contributed by atoms with Gasteiger partial charge >= 0.3 is 0 Å². The standard InChI is InChI=1S/C17H25N3O/c1-21-13-7-12-18-16-17(10-5-2-6-11-17)20-15-9-4-3-8-14(15)19-16/h3-4,8-9,20H,2,5-7,10-13H2,1H3,(H,18,19). The lowest BCUT2D eigenvalue weighted by atomic mass is 9.79. The van der Waals surface area contributed by atoms with Crippen molar-refractivity contribution in [3.63, 3.8) is 0 Å². The Labute approximate surface area is 127 Å². The zero-order chi connectivity index (χ0) is 14.5. The fourth-order valence-electron chi connectivity index (χ4n) is 3.37. The van der Waals surface area contributed by atoms with E-state index in [0.717, 1.165) is 43.9 Å². The topological polar surface area (TPSA) is 45.6 Å². The normalized spacial score (nSPS) is 21.7. The minimum atomic E-state index is 0.0136. The molecule has 0 atom stereocenters. The van der Waals surface area contributed by atoms with Crippen LogP contribution in [0.25, 0.3) is 0 Å². The number of nitrogens with one attached hydrogen (secondary N) is 2. The van der Waals surface area contributed by atoms with E-state index in [2.05, 4.69) is 34.9 Å². The molecule has 4 heteroatoms. The number of nitrogens with zero attached hydrogens (tertiary/aromatic N) is 1. The van der Waals surface area contributed by atoms with Crippen molar-refractivity contribution in [1.82, 2.24) is 0 Å². The molecule has 1 saturated carbocycles. The summed E-state index contributed by atoms with van der Waals surface area (Å²) in [5.74, 6) is 1.12. The Morgan fingerprint density at radius 2 is 1.90 bits per heavy atom. The first-order valence-electron chi connectivity index (χ1n) is 8.02. The van der Waals surface area contributed by atoms with Crippen molar-refractivity contribution >= 4 is 17.2 Å². The molecule has 0 saturated heterocycles. The molecule has 0 unspecified atom stereocenters. The number of rotatable bonds is 4. The molecule has 1 spiro atoms. The molecule has 1 aromatic rings. The third-order valence-corrected chi connectivity index (χ3v) is 4.49. The molecule has 1 fully saturated rings. The van der Waals surface area contributed by atoms with Gasteiger partial charge in [-0.1, -0.05) is 31.4 Å². The van der Waals surface area contributed by atoms with Gasteiger partial charge in [0.15, 0.2) is 0 Å². The van der Waals surface area contributed by atoms with Crippen molar-refractivity contribution in [2.24, 2.45) is 4.99 Å². The number of para-hydroxylation sites is 2. The first-order chi connectivity index (χ1) is 10.3.